The molecule has 82 valence electrons. The maximum absolute atomic E-state index is 13.0. The number of hydrogen-bond acceptors (Lipinski definition) is 4. The van der Waals surface area contributed by atoms with E-state index in [0.717, 1.165) is 0 Å². The third-order valence-corrected chi connectivity index (χ3v) is 2.18. The van der Waals surface area contributed by atoms with Gasteiger partial charge in [0, 0.05) is 16.6 Å². The monoisotopic (exact) mass is 283 g/mol. The van der Waals surface area contributed by atoms with Crippen molar-refractivity contribution in [1.29, 1.82) is 0 Å². The third-order valence-electron chi connectivity index (χ3n) is 1.72. The van der Waals surface area contributed by atoms with Crippen molar-refractivity contribution in [3.05, 3.63) is 40.9 Å². The van der Waals surface area contributed by atoms with Gasteiger partial charge in [-0.1, -0.05) is 15.9 Å². The van der Waals surface area contributed by atoms with Gasteiger partial charge in [-0.15, -0.1) is 0 Å². The van der Waals surface area contributed by atoms with Gasteiger partial charge in [-0.2, -0.15) is 0 Å². The van der Waals surface area contributed by atoms with E-state index < -0.39 is 5.82 Å². The van der Waals surface area contributed by atoms with E-state index in [9.17, 15) is 4.39 Å². The molecule has 0 aliphatic rings. The van der Waals surface area contributed by atoms with E-state index in [-0.39, 0.29) is 5.88 Å². The van der Waals surface area contributed by atoms with E-state index in [2.05, 4.69) is 25.9 Å². The minimum atomic E-state index is -0.397. The number of nitrogens with zero attached hydrogens (tertiary/aromatic N) is 2. The Bertz CT molecular complexity index is 501. The second kappa shape index (κ2) is 4.44. The molecule has 4 nitrogen and oxygen atoms in total. The van der Waals surface area contributed by atoms with Gasteiger partial charge in [0.25, 0.3) is 0 Å². The van der Waals surface area contributed by atoms with Crippen LogP contribution in [0.3, 0.4) is 0 Å². The van der Waals surface area contributed by atoms with Gasteiger partial charge < -0.3 is 10.5 Å². The molecule has 6 heteroatoms. The fraction of sp³-hybridized carbons (Fsp3) is 0. The molecule has 0 unspecified atom stereocenters. The van der Waals surface area contributed by atoms with Crippen LogP contribution in [0.2, 0.25) is 0 Å². The van der Waals surface area contributed by atoms with Gasteiger partial charge >= 0.3 is 0 Å². The van der Waals surface area contributed by atoms with E-state index in [0.29, 0.717) is 16.0 Å². The summed E-state index contributed by atoms with van der Waals surface area (Å²) in [5.41, 5.74) is 5.46. The Morgan fingerprint density at radius 2 is 2.00 bits per heavy atom. The summed E-state index contributed by atoms with van der Waals surface area (Å²) in [6.45, 7) is 0. The normalized spacial score (nSPS) is 10.1. The first-order chi connectivity index (χ1) is 7.63. The number of halogens is 2. The molecule has 1 aromatic heterocycles. The van der Waals surface area contributed by atoms with E-state index in [1.54, 1.807) is 6.07 Å². The maximum Gasteiger partial charge on any atom is 0.224 e. The van der Waals surface area contributed by atoms with Crippen LogP contribution in [0.1, 0.15) is 0 Å². The fourth-order valence-corrected chi connectivity index (χ4v) is 1.56. The lowest BCUT2D eigenvalue weighted by atomic mass is 10.3. The summed E-state index contributed by atoms with van der Waals surface area (Å²) in [7, 11) is 0. The fourth-order valence-electron chi connectivity index (χ4n) is 1.12. The zero-order valence-electron chi connectivity index (χ0n) is 8.02. The standard InChI is InChI=1S/C10H7BrFN3O/c11-6-1-7(12)3-8(2-6)16-10-4-9(13)14-5-15-10/h1-5H,(H2,13,14,15). The van der Waals surface area contributed by atoms with Crippen molar-refractivity contribution >= 4 is 21.7 Å². The van der Waals surface area contributed by atoms with Crippen LogP contribution in [-0.2, 0) is 0 Å². The van der Waals surface area contributed by atoms with Crippen molar-refractivity contribution in [1.82, 2.24) is 9.97 Å². The summed E-state index contributed by atoms with van der Waals surface area (Å²) in [6.07, 6.45) is 1.28. The summed E-state index contributed by atoms with van der Waals surface area (Å²) in [5, 5.41) is 0. The number of aromatic nitrogens is 2. The van der Waals surface area contributed by atoms with E-state index in [1.807, 2.05) is 0 Å². The summed E-state index contributed by atoms with van der Waals surface area (Å²) < 4.78 is 18.9. The highest BCUT2D eigenvalue weighted by molar-refractivity contribution is 9.10. The lowest BCUT2D eigenvalue weighted by molar-refractivity contribution is 0.457. The molecule has 2 aromatic rings. The first kappa shape index (κ1) is 10.8. The van der Waals surface area contributed by atoms with Crippen molar-refractivity contribution in [2.24, 2.45) is 0 Å². The molecule has 0 saturated carbocycles. The van der Waals surface area contributed by atoms with Crippen LogP contribution in [0, 0.1) is 5.82 Å². The molecule has 1 aromatic carbocycles. The van der Waals surface area contributed by atoms with Gasteiger partial charge in [0.1, 0.15) is 23.7 Å². The second-order valence-corrected chi connectivity index (χ2v) is 3.90. The van der Waals surface area contributed by atoms with Crippen molar-refractivity contribution in [3.8, 4) is 11.6 Å². The Morgan fingerprint density at radius 1 is 1.19 bits per heavy atom. The maximum atomic E-state index is 13.0. The smallest absolute Gasteiger partial charge is 0.224 e. The molecule has 0 bridgehead atoms. The Balaban J connectivity index is 2.27. The molecule has 0 saturated heterocycles. The Hall–Kier alpha value is -1.69. The SMILES string of the molecule is Nc1cc(Oc2cc(F)cc(Br)c2)ncn1. The minimum Gasteiger partial charge on any atom is -0.439 e. The van der Waals surface area contributed by atoms with Crippen LogP contribution in [0.5, 0.6) is 11.6 Å². The Labute approximate surface area is 99.4 Å². The number of rotatable bonds is 2. The lowest BCUT2D eigenvalue weighted by Gasteiger charge is -2.05. The van der Waals surface area contributed by atoms with Gasteiger partial charge in [-0.05, 0) is 12.1 Å². The molecule has 0 spiro atoms. The zero-order chi connectivity index (χ0) is 11.5. The summed E-state index contributed by atoms with van der Waals surface area (Å²) in [5.74, 6) is 0.502. The lowest BCUT2D eigenvalue weighted by Crippen LogP contribution is -1.94. The van der Waals surface area contributed by atoms with E-state index in [4.69, 9.17) is 10.5 Å². The zero-order valence-corrected chi connectivity index (χ0v) is 9.61. The highest BCUT2D eigenvalue weighted by Gasteiger charge is 2.03. The molecule has 2 rings (SSSR count). The predicted molar refractivity (Wildman–Crippen MR) is 60.6 cm³/mol. The molecular weight excluding hydrogens is 277 g/mol. The summed E-state index contributed by atoms with van der Waals surface area (Å²) in [6, 6.07) is 5.67. The van der Waals surface area contributed by atoms with Crippen molar-refractivity contribution in [2.45, 2.75) is 0 Å². The quantitative estimate of drug-likeness (QED) is 0.921. The number of hydrogen-bond donors (Lipinski definition) is 1. The minimum absolute atomic E-state index is 0.269. The molecule has 0 aliphatic carbocycles. The first-order valence-electron chi connectivity index (χ1n) is 4.35. The number of nitrogen functional groups attached to an aromatic ring is 1. The van der Waals surface area contributed by atoms with Crippen LogP contribution in [-0.4, -0.2) is 9.97 Å². The molecule has 2 N–H and O–H groups in total. The molecule has 16 heavy (non-hydrogen) atoms. The van der Waals surface area contributed by atoms with Crippen molar-refractivity contribution in [2.75, 3.05) is 5.73 Å². The molecule has 0 atom stereocenters. The molecule has 0 aliphatic heterocycles. The number of ether oxygens (including phenoxy) is 1. The third kappa shape index (κ3) is 2.66. The number of anilines is 1. The number of benzene rings is 1. The highest BCUT2D eigenvalue weighted by Crippen LogP contribution is 2.24. The van der Waals surface area contributed by atoms with E-state index in [1.165, 1.54) is 24.5 Å². The van der Waals surface area contributed by atoms with Gasteiger partial charge in [-0.25, -0.2) is 14.4 Å². The largest absolute Gasteiger partial charge is 0.439 e. The van der Waals surface area contributed by atoms with Gasteiger partial charge in [0.2, 0.25) is 5.88 Å². The van der Waals surface area contributed by atoms with Gasteiger partial charge in [0.05, 0.1) is 0 Å². The number of nitrogens with two attached hydrogens (primary N) is 1. The van der Waals surface area contributed by atoms with Crippen LogP contribution >= 0.6 is 15.9 Å². The Morgan fingerprint density at radius 3 is 2.69 bits per heavy atom. The van der Waals surface area contributed by atoms with Crippen molar-refractivity contribution in [3.63, 3.8) is 0 Å². The summed E-state index contributed by atoms with van der Waals surface area (Å²) >= 11 is 3.16. The average Bonchev–Trinajstić information content (AvgIpc) is 2.15. The first-order valence-corrected chi connectivity index (χ1v) is 5.14. The van der Waals surface area contributed by atoms with Gasteiger partial charge in [-0.3, -0.25) is 0 Å². The van der Waals surface area contributed by atoms with Gasteiger partial charge in [0.15, 0.2) is 0 Å². The summed E-state index contributed by atoms with van der Waals surface area (Å²) in [4.78, 5) is 7.56. The molecule has 0 radical (unpaired) electrons. The van der Waals surface area contributed by atoms with E-state index >= 15 is 0 Å². The van der Waals surface area contributed by atoms with Crippen molar-refractivity contribution < 1.29 is 9.13 Å². The molecule has 0 fully saturated rings. The molecular formula is C10H7BrFN3O. The van der Waals surface area contributed by atoms with Crippen LogP contribution in [0.4, 0.5) is 10.2 Å². The highest BCUT2D eigenvalue weighted by atomic mass is 79.9. The molecule has 1 heterocycles. The van der Waals surface area contributed by atoms with Crippen LogP contribution in [0.15, 0.2) is 35.1 Å². The topological polar surface area (TPSA) is 61.0 Å². The average molecular weight is 284 g/mol. The Kier molecular flexibility index (Phi) is 3.00. The second-order valence-electron chi connectivity index (χ2n) is 2.99. The molecule has 0 amide bonds. The predicted octanol–water partition coefficient (Wildman–Crippen LogP) is 2.75. The van der Waals surface area contributed by atoms with Crippen LogP contribution in [0.25, 0.3) is 0 Å². The van der Waals surface area contributed by atoms with Crippen LogP contribution < -0.4 is 10.5 Å².